The third kappa shape index (κ3) is 11.0. The van der Waals surface area contributed by atoms with Gasteiger partial charge >= 0.3 is 0 Å². The van der Waals surface area contributed by atoms with E-state index < -0.39 is 0 Å². The lowest BCUT2D eigenvalue weighted by atomic mass is 10.2. The van der Waals surface area contributed by atoms with Crippen LogP contribution in [0, 0.1) is 0 Å². The second-order valence-electron chi connectivity index (χ2n) is 3.24. The van der Waals surface area contributed by atoms with Crippen LogP contribution < -0.4 is 0 Å². The number of hydrogen-bond donors (Lipinski definition) is 0. The van der Waals surface area contributed by atoms with Gasteiger partial charge < -0.3 is 0 Å². The molecule has 0 aliphatic rings. The minimum absolute atomic E-state index is 0. The summed E-state index contributed by atoms with van der Waals surface area (Å²) in [5.74, 6) is 0. The largest absolute Gasteiger partial charge is 0.269 e. The summed E-state index contributed by atoms with van der Waals surface area (Å²) in [6.45, 7) is 7.14. The van der Waals surface area contributed by atoms with Gasteiger partial charge in [0.1, 0.15) is 0 Å². The number of halogens is 1. The number of hydrogen-bond acceptors (Lipinski definition) is 0. The zero-order valence-electron chi connectivity index (χ0n) is 7.52. The Morgan fingerprint density at radius 2 is 1.60 bits per heavy atom. The predicted molar refractivity (Wildman–Crippen MR) is 50.3 cm³/mol. The summed E-state index contributed by atoms with van der Waals surface area (Å²) in [7, 11) is -0.213. The molecule has 0 nitrogen and oxygen atoms in total. The van der Waals surface area contributed by atoms with Crippen LogP contribution >= 0.6 is 0 Å². The molecule has 0 radical (unpaired) electrons. The number of unbranched alkanes of at least 4 members (excludes halogenated alkanes) is 3. The fourth-order valence-corrected chi connectivity index (χ4v) is 2.08. The Morgan fingerprint density at radius 1 is 1.00 bits per heavy atom. The number of rotatable bonds is 5. The summed E-state index contributed by atoms with van der Waals surface area (Å²) in [6.07, 6.45) is 5.79. The van der Waals surface area contributed by atoms with E-state index in [1.807, 2.05) is 0 Å². The lowest BCUT2D eigenvalue weighted by molar-refractivity contribution is 0.699. The first-order valence-corrected chi connectivity index (χ1v) is 7.40. The van der Waals surface area contributed by atoms with Crippen LogP contribution in [0.4, 0.5) is 4.70 Å². The maximum Gasteiger partial charge on any atom is 0.0305 e. The fourth-order valence-electron chi connectivity index (χ4n) is 0.979. The van der Waals surface area contributed by atoms with Crippen molar-refractivity contribution in [3.05, 3.63) is 0 Å². The first kappa shape index (κ1) is 12.8. The quantitative estimate of drug-likeness (QED) is 0.432. The van der Waals surface area contributed by atoms with Crippen molar-refractivity contribution in [1.29, 1.82) is 0 Å². The van der Waals surface area contributed by atoms with Gasteiger partial charge in [-0.25, -0.2) is 0 Å². The minimum Gasteiger partial charge on any atom is -0.269 e. The van der Waals surface area contributed by atoms with E-state index in [2.05, 4.69) is 20.0 Å². The van der Waals surface area contributed by atoms with Crippen molar-refractivity contribution in [3.8, 4) is 0 Å². The molecule has 0 saturated heterocycles. The molecule has 0 bridgehead atoms. The Hall–Kier alpha value is 0.147. The first-order chi connectivity index (χ1) is 4.27. The smallest absolute Gasteiger partial charge is 0.0305 e. The highest BCUT2D eigenvalue weighted by atomic mass is 28.3. The summed E-state index contributed by atoms with van der Waals surface area (Å²) in [6, 6.07) is 1.56. The molecule has 0 aliphatic heterocycles. The van der Waals surface area contributed by atoms with Crippen LogP contribution in [0.2, 0.25) is 19.1 Å². The summed E-state index contributed by atoms with van der Waals surface area (Å²) in [4.78, 5) is 0. The van der Waals surface area contributed by atoms with Crippen LogP contribution in [-0.4, -0.2) is 8.80 Å². The maximum absolute atomic E-state index is 2.44. The average Bonchev–Trinajstić information content (AvgIpc) is 1.80. The molecule has 0 aromatic heterocycles. The highest BCUT2D eigenvalue weighted by molar-refractivity contribution is 6.55. The highest BCUT2D eigenvalue weighted by Crippen LogP contribution is 2.05. The molecule has 0 atom stereocenters. The van der Waals surface area contributed by atoms with E-state index in [-0.39, 0.29) is 13.5 Å². The minimum atomic E-state index is -0.213. The van der Waals surface area contributed by atoms with Crippen molar-refractivity contribution < 1.29 is 4.70 Å². The van der Waals surface area contributed by atoms with Crippen LogP contribution in [0.15, 0.2) is 0 Å². The molecule has 0 heterocycles. The summed E-state index contributed by atoms with van der Waals surface area (Å²) in [5, 5.41) is 0. The molecule has 2 heteroatoms. The van der Waals surface area contributed by atoms with Crippen molar-refractivity contribution in [1.82, 2.24) is 0 Å². The zero-order valence-corrected chi connectivity index (χ0v) is 8.68. The molecule has 64 valence electrons. The molecule has 0 N–H and O–H groups in total. The van der Waals surface area contributed by atoms with Crippen LogP contribution in [0.1, 0.15) is 32.6 Å². The average molecular weight is 164 g/mol. The molecule has 0 saturated carbocycles. The van der Waals surface area contributed by atoms with Gasteiger partial charge in [0, 0.05) is 8.80 Å². The molecule has 0 aromatic rings. The SMILES string of the molecule is CCCCCC[SiH](C)C.F. The molecule has 0 unspecified atom stereocenters. The van der Waals surface area contributed by atoms with E-state index >= 15 is 0 Å². The molecule has 0 aliphatic carbocycles. The van der Waals surface area contributed by atoms with Crippen LogP contribution in [0.5, 0.6) is 0 Å². The third-order valence-corrected chi connectivity index (χ3v) is 3.20. The maximum atomic E-state index is 2.44. The molecular formula is C8H21FSi. The molecule has 0 spiro atoms. The van der Waals surface area contributed by atoms with E-state index in [9.17, 15) is 0 Å². The normalized spacial score (nSPS) is 9.60. The first-order valence-electron chi connectivity index (χ1n) is 4.27. The van der Waals surface area contributed by atoms with Gasteiger partial charge in [-0.15, -0.1) is 0 Å². The fraction of sp³-hybridized carbons (Fsp3) is 1.00. The van der Waals surface area contributed by atoms with E-state index in [0.29, 0.717) is 0 Å². The van der Waals surface area contributed by atoms with Gasteiger partial charge in [-0.05, 0) is 0 Å². The molecule has 0 aromatic carbocycles. The Morgan fingerprint density at radius 3 is 2.00 bits per heavy atom. The monoisotopic (exact) mass is 164 g/mol. The van der Waals surface area contributed by atoms with E-state index in [1.54, 1.807) is 6.04 Å². The van der Waals surface area contributed by atoms with Crippen molar-refractivity contribution in [2.75, 3.05) is 0 Å². The van der Waals surface area contributed by atoms with Gasteiger partial charge in [0.2, 0.25) is 0 Å². The van der Waals surface area contributed by atoms with Crippen molar-refractivity contribution in [3.63, 3.8) is 0 Å². The molecule has 10 heavy (non-hydrogen) atoms. The van der Waals surface area contributed by atoms with Gasteiger partial charge in [0.05, 0.1) is 0 Å². The molecular weight excluding hydrogens is 143 g/mol. The Bertz CT molecular complexity index is 55.2. The van der Waals surface area contributed by atoms with E-state index in [0.717, 1.165) is 0 Å². The van der Waals surface area contributed by atoms with Crippen molar-refractivity contribution in [2.45, 2.75) is 51.7 Å². The van der Waals surface area contributed by atoms with Gasteiger partial charge in [0.15, 0.2) is 0 Å². The van der Waals surface area contributed by atoms with Crippen LogP contribution in [0.25, 0.3) is 0 Å². The molecule has 0 fully saturated rings. The lowest BCUT2D eigenvalue weighted by Gasteiger charge is -2.00. The Kier molecular flexibility index (Phi) is 11.7. The van der Waals surface area contributed by atoms with Gasteiger partial charge in [0.25, 0.3) is 0 Å². The van der Waals surface area contributed by atoms with Crippen LogP contribution in [-0.2, 0) is 0 Å². The standard InChI is InChI=1S/C8H20Si.FH/c1-4-5-6-7-8-9(2)3;/h9H,4-8H2,1-3H3;1H. The Labute approximate surface area is 66.0 Å². The van der Waals surface area contributed by atoms with Crippen molar-refractivity contribution in [2.24, 2.45) is 0 Å². The topological polar surface area (TPSA) is 0 Å². The van der Waals surface area contributed by atoms with Gasteiger partial charge in [-0.1, -0.05) is 51.7 Å². The summed E-state index contributed by atoms with van der Waals surface area (Å²) >= 11 is 0. The van der Waals surface area contributed by atoms with E-state index in [4.69, 9.17) is 0 Å². The Balaban J connectivity index is 0. The summed E-state index contributed by atoms with van der Waals surface area (Å²) < 4.78 is 0. The molecule has 0 amide bonds. The lowest BCUT2D eigenvalue weighted by Crippen LogP contribution is -1.97. The second kappa shape index (κ2) is 9.15. The van der Waals surface area contributed by atoms with Crippen LogP contribution in [0.3, 0.4) is 0 Å². The zero-order chi connectivity index (χ0) is 7.11. The third-order valence-electron chi connectivity index (χ3n) is 1.64. The molecule has 0 rings (SSSR count). The highest BCUT2D eigenvalue weighted by Gasteiger charge is 1.93. The van der Waals surface area contributed by atoms with Gasteiger partial charge in [-0.2, -0.15) is 0 Å². The van der Waals surface area contributed by atoms with Crippen molar-refractivity contribution >= 4 is 8.80 Å². The van der Waals surface area contributed by atoms with E-state index in [1.165, 1.54) is 25.7 Å². The summed E-state index contributed by atoms with van der Waals surface area (Å²) in [5.41, 5.74) is 0. The van der Waals surface area contributed by atoms with Gasteiger partial charge in [-0.3, -0.25) is 4.70 Å². The predicted octanol–water partition coefficient (Wildman–Crippen LogP) is 3.21. The second-order valence-corrected chi connectivity index (χ2v) is 6.61.